The minimum absolute atomic E-state index is 0.0902. The van der Waals surface area contributed by atoms with Crippen molar-refractivity contribution in [1.29, 1.82) is 0 Å². The van der Waals surface area contributed by atoms with E-state index in [1.165, 1.54) is 0 Å². The van der Waals surface area contributed by atoms with E-state index in [0.29, 0.717) is 11.1 Å². The number of H-pyrrole nitrogens is 1. The van der Waals surface area contributed by atoms with E-state index in [1.54, 1.807) is 17.5 Å². The molecule has 0 saturated carbocycles. The van der Waals surface area contributed by atoms with Gasteiger partial charge in [-0.15, -0.1) is 11.3 Å². The Morgan fingerprint density at radius 2 is 1.94 bits per heavy atom. The zero-order valence-electron chi connectivity index (χ0n) is 8.94. The molecule has 0 radical (unpaired) electrons. The van der Waals surface area contributed by atoms with Crippen molar-refractivity contribution in [1.82, 2.24) is 4.98 Å². The van der Waals surface area contributed by atoms with Gasteiger partial charge in [0.2, 0.25) is 0 Å². The maximum Gasteiger partial charge on any atom is 0.256 e. The fourth-order valence-electron chi connectivity index (χ4n) is 1.81. The Balaban J connectivity index is 2.31. The van der Waals surface area contributed by atoms with Crippen molar-refractivity contribution in [2.24, 2.45) is 0 Å². The van der Waals surface area contributed by atoms with Crippen LogP contribution in [0.1, 0.15) is 0 Å². The third kappa shape index (κ3) is 1.62. The van der Waals surface area contributed by atoms with Crippen molar-refractivity contribution in [2.75, 3.05) is 5.73 Å². The van der Waals surface area contributed by atoms with Gasteiger partial charge in [0.25, 0.3) is 5.56 Å². The summed E-state index contributed by atoms with van der Waals surface area (Å²) in [5, 5.41) is 0.661. The maximum atomic E-state index is 11.7. The molecule has 0 saturated heterocycles. The van der Waals surface area contributed by atoms with E-state index < -0.39 is 0 Å². The average molecular weight is 242 g/mol. The molecule has 0 spiro atoms. The van der Waals surface area contributed by atoms with E-state index in [2.05, 4.69) is 4.98 Å². The molecule has 3 aromatic rings. The highest BCUT2D eigenvalue weighted by Gasteiger charge is 2.09. The molecule has 4 heteroatoms. The Kier molecular flexibility index (Phi) is 2.23. The van der Waals surface area contributed by atoms with Crippen LogP contribution < -0.4 is 11.3 Å². The summed E-state index contributed by atoms with van der Waals surface area (Å²) in [4.78, 5) is 15.4. The van der Waals surface area contributed by atoms with Crippen LogP contribution in [-0.2, 0) is 0 Å². The monoisotopic (exact) mass is 242 g/mol. The molecule has 0 aliphatic rings. The highest BCUT2D eigenvalue weighted by Crippen LogP contribution is 2.34. The van der Waals surface area contributed by atoms with Crippen molar-refractivity contribution < 1.29 is 0 Å². The summed E-state index contributed by atoms with van der Waals surface area (Å²) in [6.45, 7) is 0. The van der Waals surface area contributed by atoms with E-state index in [-0.39, 0.29) is 5.56 Å². The fourth-order valence-corrected chi connectivity index (χ4v) is 2.89. The number of hydrogen-bond acceptors (Lipinski definition) is 3. The largest absolute Gasteiger partial charge is 0.396 e. The number of nitrogen functional groups attached to an aromatic ring is 1. The van der Waals surface area contributed by atoms with Gasteiger partial charge in [0.05, 0.1) is 15.8 Å². The molecule has 2 heterocycles. The Morgan fingerprint density at radius 1 is 1.18 bits per heavy atom. The van der Waals surface area contributed by atoms with Gasteiger partial charge in [-0.3, -0.25) is 4.79 Å². The van der Waals surface area contributed by atoms with Crippen molar-refractivity contribution in [3.8, 4) is 10.4 Å². The summed E-state index contributed by atoms with van der Waals surface area (Å²) in [6, 6.07) is 11.9. The predicted molar refractivity (Wildman–Crippen MR) is 72.3 cm³/mol. The van der Waals surface area contributed by atoms with Crippen LogP contribution in [0, 0.1) is 0 Å². The summed E-state index contributed by atoms with van der Waals surface area (Å²) in [6.07, 6.45) is 1.55. The maximum absolute atomic E-state index is 11.7. The van der Waals surface area contributed by atoms with Gasteiger partial charge in [-0.25, -0.2) is 0 Å². The number of anilines is 1. The first-order chi connectivity index (χ1) is 8.25. The Morgan fingerprint density at radius 3 is 2.65 bits per heavy atom. The normalized spacial score (nSPS) is 10.8. The smallest absolute Gasteiger partial charge is 0.256 e. The molecule has 0 unspecified atom stereocenters. The van der Waals surface area contributed by atoms with Gasteiger partial charge in [-0.2, -0.15) is 0 Å². The van der Waals surface area contributed by atoms with Crippen LogP contribution in [0.4, 0.5) is 5.69 Å². The predicted octanol–water partition coefficient (Wildman–Crippen LogP) is 2.84. The van der Waals surface area contributed by atoms with Gasteiger partial charge < -0.3 is 10.7 Å². The molecular formula is C13H10N2OS. The van der Waals surface area contributed by atoms with Gasteiger partial charge in [-0.1, -0.05) is 30.3 Å². The molecule has 0 atom stereocenters. The number of fused-ring (bicyclic) bond motifs is 1. The summed E-state index contributed by atoms with van der Waals surface area (Å²) in [5.74, 6) is 0. The summed E-state index contributed by atoms with van der Waals surface area (Å²) in [5.41, 5.74) is 7.49. The summed E-state index contributed by atoms with van der Waals surface area (Å²) < 4.78 is 0.854. The molecule has 1 aromatic carbocycles. The highest BCUT2D eigenvalue weighted by molar-refractivity contribution is 7.22. The Bertz CT molecular complexity index is 728. The molecule has 0 amide bonds. The third-order valence-electron chi connectivity index (χ3n) is 2.66. The summed E-state index contributed by atoms with van der Waals surface area (Å²) in [7, 11) is 0. The molecule has 0 aliphatic carbocycles. The van der Waals surface area contributed by atoms with Gasteiger partial charge in [0.1, 0.15) is 0 Å². The van der Waals surface area contributed by atoms with Crippen LogP contribution >= 0.6 is 11.3 Å². The lowest BCUT2D eigenvalue weighted by molar-refractivity contribution is 1.28. The quantitative estimate of drug-likeness (QED) is 0.689. The molecule has 0 bridgehead atoms. The van der Waals surface area contributed by atoms with Gasteiger partial charge >= 0.3 is 0 Å². The lowest BCUT2D eigenvalue weighted by Gasteiger charge is -1.94. The van der Waals surface area contributed by atoms with Crippen molar-refractivity contribution in [3.63, 3.8) is 0 Å². The van der Waals surface area contributed by atoms with Crippen LogP contribution in [0.15, 0.2) is 47.4 Å². The van der Waals surface area contributed by atoms with E-state index in [4.69, 9.17) is 5.73 Å². The molecular weight excluding hydrogens is 232 g/mol. The lowest BCUT2D eigenvalue weighted by Crippen LogP contribution is -2.04. The van der Waals surface area contributed by atoms with E-state index in [1.807, 2.05) is 36.4 Å². The number of nitrogens with two attached hydrogens (primary N) is 1. The van der Waals surface area contributed by atoms with E-state index >= 15 is 0 Å². The highest BCUT2D eigenvalue weighted by atomic mass is 32.1. The second-order valence-electron chi connectivity index (χ2n) is 3.79. The van der Waals surface area contributed by atoms with Crippen molar-refractivity contribution in [3.05, 3.63) is 52.9 Å². The molecule has 3 rings (SSSR count). The standard InChI is InChI=1S/C13H10N2OS/c14-10-7-15-13(16)9-6-11(17-12(9)10)8-4-2-1-3-5-8/h1-7H,14H2,(H,15,16). The average Bonchev–Trinajstić information content (AvgIpc) is 2.81. The molecule has 0 aliphatic heterocycles. The fraction of sp³-hybridized carbons (Fsp3) is 0. The lowest BCUT2D eigenvalue weighted by atomic mass is 10.2. The van der Waals surface area contributed by atoms with Gasteiger partial charge in [-0.05, 0) is 11.6 Å². The number of hydrogen-bond donors (Lipinski definition) is 2. The van der Waals surface area contributed by atoms with Crippen LogP contribution in [-0.4, -0.2) is 4.98 Å². The second kappa shape index (κ2) is 3.75. The molecule has 17 heavy (non-hydrogen) atoms. The SMILES string of the molecule is Nc1c[nH]c(=O)c2cc(-c3ccccc3)sc12. The first kappa shape index (κ1) is 10.1. The Hall–Kier alpha value is -2.07. The second-order valence-corrected chi connectivity index (χ2v) is 4.84. The first-order valence-corrected chi connectivity index (χ1v) is 6.03. The number of aromatic amines is 1. The molecule has 2 aromatic heterocycles. The number of benzene rings is 1. The Labute approximate surface area is 102 Å². The topological polar surface area (TPSA) is 58.9 Å². The minimum atomic E-state index is -0.0902. The third-order valence-corrected chi connectivity index (χ3v) is 3.89. The molecule has 0 fully saturated rings. The van der Waals surface area contributed by atoms with E-state index in [0.717, 1.165) is 15.1 Å². The minimum Gasteiger partial charge on any atom is -0.396 e. The number of aromatic nitrogens is 1. The van der Waals surface area contributed by atoms with E-state index in [9.17, 15) is 4.79 Å². The van der Waals surface area contributed by atoms with Crippen LogP contribution in [0.25, 0.3) is 20.5 Å². The van der Waals surface area contributed by atoms with Crippen LogP contribution in [0.2, 0.25) is 0 Å². The molecule has 3 N–H and O–H groups in total. The first-order valence-electron chi connectivity index (χ1n) is 5.22. The number of thiophene rings is 1. The van der Waals surface area contributed by atoms with Crippen LogP contribution in [0.3, 0.4) is 0 Å². The van der Waals surface area contributed by atoms with Crippen LogP contribution in [0.5, 0.6) is 0 Å². The molecule has 84 valence electrons. The van der Waals surface area contributed by atoms with Crippen molar-refractivity contribution >= 4 is 27.1 Å². The van der Waals surface area contributed by atoms with Crippen molar-refractivity contribution in [2.45, 2.75) is 0 Å². The number of rotatable bonds is 1. The molecule has 3 nitrogen and oxygen atoms in total. The summed E-state index contributed by atoms with van der Waals surface area (Å²) >= 11 is 1.55. The van der Waals surface area contributed by atoms with Gasteiger partial charge in [0.15, 0.2) is 0 Å². The zero-order valence-corrected chi connectivity index (χ0v) is 9.75. The zero-order chi connectivity index (χ0) is 11.8. The van der Waals surface area contributed by atoms with Gasteiger partial charge in [0, 0.05) is 11.1 Å². The number of pyridine rings is 1. The number of nitrogens with one attached hydrogen (secondary N) is 1.